The first-order valence-electron chi connectivity index (χ1n) is 8.90. The van der Waals surface area contributed by atoms with Gasteiger partial charge in [0.25, 0.3) is 0 Å². The number of benzene rings is 1. The van der Waals surface area contributed by atoms with Gasteiger partial charge in [-0.15, -0.1) is 12.4 Å². The highest BCUT2D eigenvalue weighted by molar-refractivity contribution is 5.99. The van der Waals surface area contributed by atoms with Crippen molar-refractivity contribution in [1.82, 2.24) is 9.55 Å². The maximum Gasteiger partial charge on any atom is 0.418 e. The number of pyridine rings is 1. The van der Waals surface area contributed by atoms with Crippen molar-refractivity contribution < 1.29 is 9.53 Å². The van der Waals surface area contributed by atoms with E-state index < -0.39 is 0 Å². The first-order valence-corrected chi connectivity index (χ1v) is 8.90. The maximum atomic E-state index is 12.5. The van der Waals surface area contributed by atoms with Crippen LogP contribution in [-0.4, -0.2) is 29.3 Å². The summed E-state index contributed by atoms with van der Waals surface area (Å²) in [6.07, 6.45) is 0.626. The lowest BCUT2D eigenvalue weighted by atomic mass is 9.99. The molecule has 1 aliphatic heterocycles. The van der Waals surface area contributed by atoms with Crippen LogP contribution in [0.5, 0.6) is 0 Å². The molecule has 1 aliphatic rings. The van der Waals surface area contributed by atoms with Crippen LogP contribution in [-0.2, 0) is 17.7 Å². The molecule has 0 amide bonds. The third-order valence-electron chi connectivity index (χ3n) is 5.39. The molecule has 27 heavy (non-hydrogen) atoms. The minimum Gasteiger partial charge on any atom is -0.452 e. The van der Waals surface area contributed by atoms with Crippen LogP contribution < -0.4 is 4.90 Å². The van der Waals surface area contributed by atoms with Crippen LogP contribution in [0.25, 0.3) is 11.0 Å². The molecule has 0 spiro atoms. The Morgan fingerprint density at radius 1 is 1.15 bits per heavy atom. The molecule has 5 nitrogen and oxygen atoms in total. The molecule has 0 bridgehead atoms. The molecule has 2 aromatic heterocycles. The van der Waals surface area contributed by atoms with E-state index in [-0.39, 0.29) is 18.5 Å². The quantitative estimate of drug-likeness (QED) is 0.616. The van der Waals surface area contributed by atoms with Crippen LogP contribution in [0.4, 0.5) is 10.5 Å². The zero-order chi connectivity index (χ0) is 18.4. The number of aromatic nitrogens is 2. The molecule has 0 unspecified atom stereocenters. The van der Waals surface area contributed by atoms with Gasteiger partial charge < -0.3 is 9.64 Å². The lowest BCUT2D eigenvalue weighted by Gasteiger charge is -2.31. The van der Waals surface area contributed by atoms with E-state index >= 15 is 0 Å². The van der Waals surface area contributed by atoms with Gasteiger partial charge in [-0.3, -0.25) is 4.98 Å². The fraction of sp³-hybridized carbons (Fsp3) is 0.333. The third kappa shape index (κ3) is 3.06. The molecule has 0 aliphatic carbocycles. The van der Waals surface area contributed by atoms with E-state index in [2.05, 4.69) is 35.2 Å². The Morgan fingerprint density at radius 3 is 2.56 bits per heavy atom. The molecule has 0 saturated carbocycles. The van der Waals surface area contributed by atoms with Gasteiger partial charge in [0, 0.05) is 24.5 Å². The minimum atomic E-state index is -0.370. The maximum absolute atomic E-state index is 12.5. The highest BCUT2D eigenvalue weighted by Gasteiger charge is 2.25. The third-order valence-corrected chi connectivity index (χ3v) is 5.39. The van der Waals surface area contributed by atoms with Gasteiger partial charge in [0.15, 0.2) is 0 Å². The normalized spacial score (nSPS) is 13.3. The van der Waals surface area contributed by atoms with E-state index in [1.165, 1.54) is 18.2 Å². The molecule has 0 N–H and O–H groups in total. The summed E-state index contributed by atoms with van der Waals surface area (Å²) in [6, 6.07) is 10.6. The van der Waals surface area contributed by atoms with Gasteiger partial charge in [-0.2, -0.15) is 0 Å². The van der Waals surface area contributed by atoms with Crippen molar-refractivity contribution in [3.05, 3.63) is 58.4 Å². The Kier molecular flexibility index (Phi) is 5.16. The van der Waals surface area contributed by atoms with Crippen molar-refractivity contribution in [2.75, 3.05) is 18.6 Å². The van der Waals surface area contributed by atoms with E-state index in [1.54, 1.807) is 4.57 Å². The summed E-state index contributed by atoms with van der Waals surface area (Å²) in [7, 11) is 1.42. The van der Waals surface area contributed by atoms with Gasteiger partial charge in [-0.1, -0.05) is 24.3 Å². The number of hydrogen-bond acceptors (Lipinski definition) is 4. The largest absolute Gasteiger partial charge is 0.452 e. The number of carbonyl (C=O) groups is 1. The fourth-order valence-corrected chi connectivity index (χ4v) is 3.90. The van der Waals surface area contributed by atoms with Crippen molar-refractivity contribution in [1.29, 1.82) is 0 Å². The minimum absolute atomic E-state index is 0. The van der Waals surface area contributed by atoms with Crippen molar-refractivity contribution in [2.45, 2.75) is 33.7 Å². The first kappa shape index (κ1) is 19.2. The molecular formula is C21H24ClN3O2. The van der Waals surface area contributed by atoms with Crippen LogP contribution >= 0.6 is 12.4 Å². The Morgan fingerprint density at radius 2 is 1.85 bits per heavy atom. The number of aryl methyl sites for hydroxylation is 2. The summed E-state index contributed by atoms with van der Waals surface area (Å²) in [5.74, 6) is 0. The molecule has 3 aromatic rings. The molecule has 0 atom stereocenters. The van der Waals surface area contributed by atoms with Crippen LogP contribution in [0.15, 0.2) is 30.3 Å². The van der Waals surface area contributed by atoms with Crippen LogP contribution in [0, 0.1) is 20.8 Å². The van der Waals surface area contributed by atoms with E-state index in [4.69, 9.17) is 9.72 Å². The van der Waals surface area contributed by atoms with E-state index in [0.29, 0.717) is 0 Å². The van der Waals surface area contributed by atoms with E-state index in [0.717, 1.165) is 53.2 Å². The second kappa shape index (κ2) is 7.24. The molecule has 4 rings (SSSR count). The van der Waals surface area contributed by atoms with Crippen molar-refractivity contribution in [3.63, 3.8) is 0 Å². The van der Waals surface area contributed by atoms with E-state index in [1.807, 2.05) is 20.8 Å². The predicted molar refractivity (Wildman–Crippen MR) is 110 cm³/mol. The van der Waals surface area contributed by atoms with Gasteiger partial charge in [0.2, 0.25) is 0 Å². The summed E-state index contributed by atoms with van der Waals surface area (Å²) in [4.78, 5) is 19.5. The average molecular weight is 386 g/mol. The molecule has 6 heteroatoms. The zero-order valence-corrected chi connectivity index (χ0v) is 16.9. The predicted octanol–water partition coefficient (Wildman–Crippen LogP) is 4.56. The molecule has 3 heterocycles. The molecule has 142 valence electrons. The van der Waals surface area contributed by atoms with Crippen LogP contribution in [0.3, 0.4) is 0 Å². The lowest BCUT2D eigenvalue weighted by Crippen LogP contribution is -2.31. The number of carbonyl (C=O) groups excluding carboxylic acids is 1. The summed E-state index contributed by atoms with van der Waals surface area (Å²) in [6.45, 7) is 7.71. The van der Waals surface area contributed by atoms with Gasteiger partial charge in [0.1, 0.15) is 5.52 Å². The smallest absolute Gasteiger partial charge is 0.418 e. The number of methoxy groups -OCH3 is 1. The summed E-state index contributed by atoms with van der Waals surface area (Å²) >= 11 is 0. The number of rotatable bonds is 1. The second-order valence-electron chi connectivity index (χ2n) is 6.94. The number of nitrogens with zero attached hydrogens (tertiary/aromatic N) is 3. The Labute approximate surface area is 165 Å². The van der Waals surface area contributed by atoms with Crippen molar-refractivity contribution >= 4 is 35.2 Å². The highest BCUT2D eigenvalue weighted by Crippen LogP contribution is 2.35. The standard InChI is InChI=1S/C21H23N3O2.ClH/c1-13-11-18(23-10-9-16-7-5-6-8-17(16)12-23)20-19(22-13)14(2)15(3)24(20)21(25)26-4;/h5-8,11H,9-10,12H2,1-4H3;1H. The average Bonchev–Trinajstić information content (AvgIpc) is 2.91. The summed E-state index contributed by atoms with van der Waals surface area (Å²) in [5, 5.41) is 0. The fourth-order valence-electron chi connectivity index (χ4n) is 3.90. The van der Waals surface area contributed by atoms with Gasteiger partial charge in [-0.25, -0.2) is 9.36 Å². The van der Waals surface area contributed by atoms with Crippen molar-refractivity contribution in [2.24, 2.45) is 0 Å². The Hall–Kier alpha value is -2.53. The SMILES string of the molecule is COC(=O)n1c(C)c(C)c2nc(C)cc(N3CCc4ccccc4C3)c21.Cl. The molecule has 0 fully saturated rings. The number of anilines is 1. The topological polar surface area (TPSA) is 47.4 Å². The molecule has 0 saturated heterocycles. The highest BCUT2D eigenvalue weighted by atomic mass is 35.5. The molecule has 0 radical (unpaired) electrons. The van der Waals surface area contributed by atoms with Gasteiger partial charge >= 0.3 is 6.09 Å². The Bertz CT molecular complexity index is 1030. The summed E-state index contributed by atoms with van der Waals surface area (Å²) < 4.78 is 6.70. The van der Waals surface area contributed by atoms with Crippen molar-refractivity contribution in [3.8, 4) is 0 Å². The number of halogens is 1. The monoisotopic (exact) mass is 385 g/mol. The van der Waals surface area contributed by atoms with Crippen LogP contribution in [0.1, 0.15) is 28.1 Å². The number of fused-ring (bicyclic) bond motifs is 2. The number of hydrogen-bond donors (Lipinski definition) is 0. The molecular weight excluding hydrogens is 362 g/mol. The Balaban J connectivity index is 0.00000210. The second-order valence-corrected chi connectivity index (χ2v) is 6.94. The molecule has 1 aromatic carbocycles. The zero-order valence-electron chi connectivity index (χ0n) is 16.1. The van der Waals surface area contributed by atoms with Gasteiger partial charge in [0.05, 0.1) is 18.3 Å². The number of ether oxygens (including phenoxy) is 1. The van der Waals surface area contributed by atoms with Crippen LogP contribution in [0.2, 0.25) is 0 Å². The lowest BCUT2D eigenvalue weighted by molar-refractivity contribution is 0.173. The first-order chi connectivity index (χ1) is 12.5. The van der Waals surface area contributed by atoms with E-state index in [9.17, 15) is 4.79 Å². The summed E-state index contributed by atoms with van der Waals surface area (Å²) in [5.41, 5.74) is 8.36. The van der Waals surface area contributed by atoms with Gasteiger partial charge in [-0.05, 0) is 49.9 Å².